The first-order valence-corrected chi connectivity index (χ1v) is 6.55. The Kier molecular flexibility index (Phi) is 3.99. The fourth-order valence-electron chi connectivity index (χ4n) is 1.61. The summed E-state index contributed by atoms with van der Waals surface area (Å²) in [6.07, 6.45) is 0. The molecule has 0 aliphatic heterocycles. The lowest BCUT2D eigenvalue weighted by molar-refractivity contribution is 0.0594. The summed E-state index contributed by atoms with van der Waals surface area (Å²) in [7, 11) is 1.31. The van der Waals surface area contributed by atoms with Gasteiger partial charge in [-0.2, -0.15) is 0 Å². The number of nitrogens with zero attached hydrogens (tertiary/aromatic N) is 1. The number of hydrogen-bond acceptors (Lipinski definition) is 6. The van der Waals surface area contributed by atoms with Gasteiger partial charge in [-0.1, -0.05) is 6.07 Å². The van der Waals surface area contributed by atoms with E-state index >= 15 is 0 Å². The lowest BCUT2D eigenvalue weighted by atomic mass is 10.2. The molecule has 3 N–H and O–H groups in total. The number of benzene rings is 1. The number of nitrogens with one attached hydrogen (secondary N) is 1. The maximum absolute atomic E-state index is 11.5. The van der Waals surface area contributed by atoms with Crippen molar-refractivity contribution in [3.8, 4) is 0 Å². The number of aromatic nitrogens is 1. The smallest absolute Gasteiger partial charge is 0.357 e. The maximum Gasteiger partial charge on any atom is 0.357 e. The quantitative estimate of drug-likeness (QED) is 0.841. The standard InChI is InChI=1S/C13H13N3O3S/c1-7-10(12(18)19-2)16-13(20-7)15-9-5-3-4-8(6-9)11(14)17/h3-6H,1-2H3,(H2,14,17)(H,15,16). The Morgan fingerprint density at radius 3 is 2.80 bits per heavy atom. The normalized spacial score (nSPS) is 10.1. The molecule has 0 aliphatic rings. The van der Waals surface area contributed by atoms with Gasteiger partial charge >= 0.3 is 5.97 Å². The number of esters is 1. The van der Waals surface area contributed by atoms with E-state index in [0.717, 1.165) is 4.88 Å². The maximum atomic E-state index is 11.5. The summed E-state index contributed by atoms with van der Waals surface area (Å²) in [6.45, 7) is 1.79. The van der Waals surface area contributed by atoms with Crippen molar-refractivity contribution in [2.75, 3.05) is 12.4 Å². The summed E-state index contributed by atoms with van der Waals surface area (Å²) in [4.78, 5) is 27.5. The molecular weight excluding hydrogens is 278 g/mol. The number of rotatable bonds is 4. The van der Waals surface area contributed by atoms with Gasteiger partial charge < -0.3 is 15.8 Å². The van der Waals surface area contributed by atoms with Crippen LogP contribution in [0.3, 0.4) is 0 Å². The number of hydrogen-bond donors (Lipinski definition) is 2. The predicted octanol–water partition coefficient (Wildman–Crippen LogP) is 2.08. The van der Waals surface area contributed by atoms with Gasteiger partial charge in [0.15, 0.2) is 10.8 Å². The van der Waals surface area contributed by atoms with E-state index in [-0.39, 0.29) is 5.69 Å². The summed E-state index contributed by atoms with van der Waals surface area (Å²) < 4.78 is 4.65. The number of methoxy groups -OCH3 is 1. The topological polar surface area (TPSA) is 94.3 Å². The van der Waals surface area contributed by atoms with E-state index < -0.39 is 11.9 Å². The van der Waals surface area contributed by atoms with Crippen LogP contribution >= 0.6 is 11.3 Å². The van der Waals surface area contributed by atoms with Crippen LogP contribution in [0, 0.1) is 6.92 Å². The molecule has 0 saturated carbocycles. The zero-order chi connectivity index (χ0) is 14.7. The summed E-state index contributed by atoms with van der Waals surface area (Å²) >= 11 is 1.33. The highest BCUT2D eigenvalue weighted by atomic mass is 32.1. The van der Waals surface area contributed by atoms with Crippen LogP contribution in [0.2, 0.25) is 0 Å². The van der Waals surface area contributed by atoms with Crippen molar-refractivity contribution >= 4 is 34.0 Å². The largest absolute Gasteiger partial charge is 0.464 e. The van der Waals surface area contributed by atoms with Gasteiger partial charge in [-0.05, 0) is 25.1 Å². The average Bonchev–Trinajstić information content (AvgIpc) is 2.79. The summed E-state index contributed by atoms with van der Waals surface area (Å²) in [6, 6.07) is 6.74. The number of aryl methyl sites for hydroxylation is 1. The molecule has 0 saturated heterocycles. The summed E-state index contributed by atoms with van der Waals surface area (Å²) in [5.41, 5.74) is 6.58. The number of nitrogens with two attached hydrogens (primary N) is 1. The zero-order valence-corrected chi connectivity index (χ0v) is 11.8. The van der Waals surface area contributed by atoms with Crippen molar-refractivity contribution in [2.45, 2.75) is 6.92 Å². The third-order valence-corrected chi connectivity index (χ3v) is 3.46. The van der Waals surface area contributed by atoms with Crippen molar-refractivity contribution in [2.24, 2.45) is 5.73 Å². The molecule has 1 amide bonds. The van der Waals surface area contributed by atoms with Crippen molar-refractivity contribution < 1.29 is 14.3 Å². The van der Waals surface area contributed by atoms with Crippen LogP contribution < -0.4 is 11.1 Å². The van der Waals surface area contributed by atoms with E-state index in [1.807, 2.05) is 0 Å². The van der Waals surface area contributed by atoms with Crippen LogP contribution in [0.5, 0.6) is 0 Å². The van der Waals surface area contributed by atoms with Gasteiger partial charge in [0.2, 0.25) is 5.91 Å². The van der Waals surface area contributed by atoms with Crippen LogP contribution in [-0.4, -0.2) is 24.0 Å². The molecule has 104 valence electrons. The first-order chi connectivity index (χ1) is 9.51. The lowest BCUT2D eigenvalue weighted by Gasteiger charge is -2.03. The van der Waals surface area contributed by atoms with Crippen molar-refractivity contribution in [3.05, 3.63) is 40.4 Å². The lowest BCUT2D eigenvalue weighted by Crippen LogP contribution is -2.10. The van der Waals surface area contributed by atoms with E-state index in [0.29, 0.717) is 16.4 Å². The number of anilines is 2. The van der Waals surface area contributed by atoms with Crippen molar-refractivity contribution in [3.63, 3.8) is 0 Å². The van der Waals surface area contributed by atoms with Gasteiger partial charge in [0, 0.05) is 16.1 Å². The molecule has 2 aromatic rings. The van der Waals surface area contributed by atoms with Gasteiger partial charge in [0.05, 0.1) is 7.11 Å². The molecule has 6 nitrogen and oxygen atoms in total. The second-order valence-electron chi connectivity index (χ2n) is 3.99. The molecule has 1 aromatic heterocycles. The minimum absolute atomic E-state index is 0.283. The number of carbonyl (C=O) groups excluding carboxylic acids is 2. The van der Waals surface area contributed by atoms with E-state index in [9.17, 15) is 9.59 Å². The molecule has 0 radical (unpaired) electrons. The highest BCUT2D eigenvalue weighted by molar-refractivity contribution is 7.15. The minimum atomic E-state index is -0.501. The van der Waals surface area contributed by atoms with Gasteiger partial charge in [0.1, 0.15) is 0 Å². The molecule has 1 heterocycles. The number of primary amides is 1. The predicted molar refractivity (Wildman–Crippen MR) is 76.4 cm³/mol. The second-order valence-corrected chi connectivity index (χ2v) is 5.19. The van der Waals surface area contributed by atoms with E-state index in [4.69, 9.17) is 5.73 Å². The molecule has 0 fully saturated rings. The summed E-state index contributed by atoms with van der Waals surface area (Å²) in [5, 5.41) is 3.58. The number of thiazole rings is 1. The zero-order valence-electron chi connectivity index (χ0n) is 11.0. The highest BCUT2D eigenvalue weighted by Crippen LogP contribution is 2.26. The third kappa shape index (κ3) is 2.94. The van der Waals surface area contributed by atoms with Crippen molar-refractivity contribution in [1.29, 1.82) is 0 Å². The molecule has 0 aliphatic carbocycles. The third-order valence-electron chi connectivity index (χ3n) is 2.57. The molecular formula is C13H13N3O3S. The molecule has 0 atom stereocenters. The van der Waals surface area contributed by atoms with Crippen LogP contribution in [0.1, 0.15) is 25.7 Å². The van der Waals surface area contributed by atoms with Gasteiger partial charge in [-0.3, -0.25) is 4.79 Å². The van der Waals surface area contributed by atoms with Crippen LogP contribution in [0.25, 0.3) is 0 Å². The van der Waals surface area contributed by atoms with E-state index in [1.54, 1.807) is 31.2 Å². The number of ether oxygens (including phenoxy) is 1. The first kappa shape index (κ1) is 14.0. The molecule has 2 rings (SSSR count). The van der Waals surface area contributed by atoms with Crippen molar-refractivity contribution in [1.82, 2.24) is 4.98 Å². The minimum Gasteiger partial charge on any atom is -0.464 e. The summed E-state index contributed by atoms with van der Waals surface area (Å²) in [5.74, 6) is -0.975. The average molecular weight is 291 g/mol. The first-order valence-electron chi connectivity index (χ1n) is 5.74. The fourth-order valence-corrected chi connectivity index (χ4v) is 2.43. The number of carbonyl (C=O) groups is 2. The molecule has 0 bridgehead atoms. The second kappa shape index (κ2) is 5.70. The van der Waals surface area contributed by atoms with Gasteiger partial charge in [0.25, 0.3) is 0 Å². The van der Waals surface area contributed by atoms with Gasteiger partial charge in [-0.15, -0.1) is 11.3 Å². The molecule has 0 spiro atoms. The molecule has 0 unspecified atom stereocenters. The van der Waals surface area contributed by atoms with Crippen LogP contribution in [-0.2, 0) is 4.74 Å². The Morgan fingerprint density at radius 1 is 1.40 bits per heavy atom. The van der Waals surface area contributed by atoms with Gasteiger partial charge in [-0.25, -0.2) is 9.78 Å². The Hall–Kier alpha value is -2.41. The van der Waals surface area contributed by atoms with E-state index in [2.05, 4.69) is 15.0 Å². The fraction of sp³-hybridized carbons (Fsp3) is 0.154. The molecule has 1 aromatic carbocycles. The Bertz CT molecular complexity index is 667. The SMILES string of the molecule is COC(=O)c1nc(Nc2cccc(C(N)=O)c2)sc1C. The van der Waals surface area contributed by atoms with Crippen LogP contribution in [0.4, 0.5) is 10.8 Å². The molecule has 7 heteroatoms. The molecule has 20 heavy (non-hydrogen) atoms. The highest BCUT2D eigenvalue weighted by Gasteiger charge is 2.15. The van der Waals surface area contributed by atoms with Crippen LogP contribution in [0.15, 0.2) is 24.3 Å². The Balaban J connectivity index is 2.24. The Labute approximate surface area is 119 Å². The number of amides is 1. The monoisotopic (exact) mass is 291 g/mol. The Morgan fingerprint density at radius 2 is 2.15 bits per heavy atom. The van der Waals surface area contributed by atoms with E-state index in [1.165, 1.54) is 18.4 Å².